The summed E-state index contributed by atoms with van der Waals surface area (Å²) in [6, 6.07) is 5.85. The molecule has 150 valence electrons. The lowest BCUT2D eigenvalue weighted by Gasteiger charge is -2.10. The zero-order valence-electron chi connectivity index (χ0n) is 16.4. The highest BCUT2D eigenvalue weighted by Crippen LogP contribution is 2.30. The number of sulfone groups is 1. The van der Waals surface area contributed by atoms with Gasteiger partial charge in [0.2, 0.25) is 0 Å². The first-order valence-electron chi connectivity index (χ1n) is 9.15. The topological polar surface area (TPSA) is 93.9 Å². The Morgan fingerprint density at radius 1 is 1.32 bits per heavy atom. The summed E-state index contributed by atoms with van der Waals surface area (Å²) in [5.74, 6) is -0.339. The first kappa shape index (κ1) is 20.5. The van der Waals surface area contributed by atoms with Crippen LogP contribution >= 0.6 is 11.3 Å². The minimum atomic E-state index is -3.14. The number of hydrogen-bond donors (Lipinski definition) is 1. The van der Waals surface area contributed by atoms with Crippen LogP contribution in [0.15, 0.2) is 24.4 Å². The van der Waals surface area contributed by atoms with Crippen molar-refractivity contribution in [2.45, 2.75) is 33.7 Å². The van der Waals surface area contributed by atoms with Crippen LogP contribution in [-0.4, -0.2) is 47.1 Å². The van der Waals surface area contributed by atoms with E-state index in [2.05, 4.69) is 10.4 Å². The van der Waals surface area contributed by atoms with Gasteiger partial charge in [-0.3, -0.25) is 4.79 Å². The average Bonchev–Trinajstić information content (AvgIpc) is 3.26. The standard InChI is InChI=1S/C19H24N4O3S2/c1-5-28(25,26)9-8-20-19(24)14-10-16(17-7-6-13(4)27-17)22-18-15(14)11-21-23(18)12(2)3/h6-7,10-12H,5,8-9H2,1-4H3,(H,20,24). The number of nitrogens with one attached hydrogen (secondary N) is 1. The lowest BCUT2D eigenvalue weighted by Crippen LogP contribution is -2.29. The molecule has 0 aliphatic carbocycles. The summed E-state index contributed by atoms with van der Waals surface area (Å²) < 4.78 is 25.1. The number of amides is 1. The van der Waals surface area contributed by atoms with E-state index in [1.807, 2.05) is 32.9 Å². The number of pyridine rings is 1. The maximum atomic E-state index is 12.8. The number of carbonyl (C=O) groups excluding carboxylic acids is 1. The van der Waals surface area contributed by atoms with Crippen LogP contribution in [0, 0.1) is 6.92 Å². The molecule has 0 bridgehead atoms. The largest absolute Gasteiger partial charge is 0.351 e. The maximum absolute atomic E-state index is 12.8. The van der Waals surface area contributed by atoms with Crippen molar-refractivity contribution in [3.05, 3.63) is 34.8 Å². The van der Waals surface area contributed by atoms with Crippen molar-refractivity contribution in [1.29, 1.82) is 0 Å². The van der Waals surface area contributed by atoms with Gasteiger partial charge in [-0.2, -0.15) is 5.10 Å². The minimum absolute atomic E-state index is 0.0609. The van der Waals surface area contributed by atoms with Gasteiger partial charge in [0.15, 0.2) is 15.5 Å². The average molecular weight is 421 g/mol. The lowest BCUT2D eigenvalue weighted by atomic mass is 10.1. The number of carbonyl (C=O) groups is 1. The molecule has 0 unspecified atom stereocenters. The molecule has 0 atom stereocenters. The van der Waals surface area contributed by atoms with Gasteiger partial charge in [-0.1, -0.05) is 6.92 Å². The van der Waals surface area contributed by atoms with E-state index in [1.54, 1.807) is 35.2 Å². The van der Waals surface area contributed by atoms with E-state index in [-0.39, 0.29) is 30.0 Å². The fraction of sp³-hybridized carbons (Fsp3) is 0.421. The molecule has 0 aromatic carbocycles. The highest BCUT2D eigenvalue weighted by atomic mass is 32.2. The molecule has 1 amide bonds. The Bertz CT molecular complexity index is 1110. The number of thiophene rings is 1. The van der Waals surface area contributed by atoms with Crippen molar-refractivity contribution in [3.63, 3.8) is 0 Å². The van der Waals surface area contributed by atoms with E-state index in [4.69, 9.17) is 4.98 Å². The van der Waals surface area contributed by atoms with Crippen molar-refractivity contribution in [2.75, 3.05) is 18.1 Å². The molecule has 1 N–H and O–H groups in total. The summed E-state index contributed by atoms with van der Waals surface area (Å²) in [5, 5.41) is 7.77. The summed E-state index contributed by atoms with van der Waals surface area (Å²) in [7, 11) is -3.14. The molecule has 0 aliphatic heterocycles. The molecule has 0 aliphatic rings. The summed E-state index contributed by atoms with van der Waals surface area (Å²) in [5.41, 5.74) is 1.80. The van der Waals surface area contributed by atoms with Gasteiger partial charge in [-0.25, -0.2) is 18.1 Å². The highest BCUT2D eigenvalue weighted by molar-refractivity contribution is 7.91. The van der Waals surface area contributed by atoms with Gasteiger partial charge in [0.25, 0.3) is 5.91 Å². The molecule has 0 radical (unpaired) electrons. The van der Waals surface area contributed by atoms with Gasteiger partial charge in [0.1, 0.15) is 0 Å². The smallest absolute Gasteiger partial charge is 0.252 e. The van der Waals surface area contributed by atoms with Crippen LogP contribution in [-0.2, 0) is 9.84 Å². The fourth-order valence-electron chi connectivity index (χ4n) is 2.84. The van der Waals surface area contributed by atoms with E-state index in [0.717, 1.165) is 9.75 Å². The molecule has 9 heteroatoms. The minimum Gasteiger partial charge on any atom is -0.351 e. The lowest BCUT2D eigenvalue weighted by molar-refractivity contribution is 0.0957. The van der Waals surface area contributed by atoms with Crippen molar-refractivity contribution < 1.29 is 13.2 Å². The molecule has 0 saturated heterocycles. The number of aryl methyl sites for hydroxylation is 1. The van der Waals surface area contributed by atoms with E-state index in [0.29, 0.717) is 22.3 Å². The Kier molecular flexibility index (Phi) is 5.85. The molecule has 3 aromatic rings. The highest BCUT2D eigenvalue weighted by Gasteiger charge is 2.19. The zero-order valence-corrected chi connectivity index (χ0v) is 18.0. The Labute approximate surface area is 168 Å². The third-order valence-electron chi connectivity index (χ3n) is 4.43. The van der Waals surface area contributed by atoms with Crippen LogP contribution in [0.3, 0.4) is 0 Å². The quantitative estimate of drug-likeness (QED) is 0.633. The molecule has 3 aromatic heterocycles. The predicted octanol–water partition coefficient (Wildman–Crippen LogP) is 3.21. The first-order valence-corrected chi connectivity index (χ1v) is 11.8. The molecule has 7 nitrogen and oxygen atoms in total. The molecule has 3 rings (SSSR count). The van der Waals surface area contributed by atoms with Crippen LogP contribution < -0.4 is 5.32 Å². The van der Waals surface area contributed by atoms with Crippen LogP contribution in [0.2, 0.25) is 0 Å². The Morgan fingerprint density at radius 2 is 2.07 bits per heavy atom. The van der Waals surface area contributed by atoms with Crippen molar-refractivity contribution in [3.8, 4) is 10.6 Å². The van der Waals surface area contributed by atoms with E-state index < -0.39 is 9.84 Å². The summed E-state index contributed by atoms with van der Waals surface area (Å²) in [4.78, 5) is 19.7. The molecule has 0 fully saturated rings. The van der Waals surface area contributed by atoms with Crippen LogP contribution in [0.1, 0.15) is 42.0 Å². The van der Waals surface area contributed by atoms with Gasteiger partial charge < -0.3 is 5.32 Å². The summed E-state index contributed by atoms with van der Waals surface area (Å²) >= 11 is 1.61. The molecule has 3 heterocycles. The number of nitrogens with zero attached hydrogens (tertiary/aromatic N) is 3. The third-order valence-corrected chi connectivity index (χ3v) is 7.16. The monoisotopic (exact) mass is 420 g/mol. The molecular formula is C19H24N4O3S2. The van der Waals surface area contributed by atoms with Crippen molar-refractivity contribution in [1.82, 2.24) is 20.1 Å². The van der Waals surface area contributed by atoms with Crippen LogP contribution in [0.5, 0.6) is 0 Å². The van der Waals surface area contributed by atoms with Gasteiger partial charge in [-0.15, -0.1) is 11.3 Å². The van der Waals surface area contributed by atoms with Crippen molar-refractivity contribution >= 4 is 38.1 Å². The number of aromatic nitrogens is 3. The van der Waals surface area contributed by atoms with Crippen molar-refractivity contribution in [2.24, 2.45) is 0 Å². The van der Waals surface area contributed by atoms with Gasteiger partial charge in [0, 0.05) is 23.2 Å². The number of rotatable bonds is 7. The summed E-state index contributed by atoms with van der Waals surface area (Å²) in [6.07, 6.45) is 1.64. The predicted molar refractivity (Wildman–Crippen MR) is 113 cm³/mol. The SMILES string of the molecule is CCS(=O)(=O)CCNC(=O)c1cc(-c2ccc(C)s2)nc2c1cnn2C(C)C. The first-order chi connectivity index (χ1) is 13.2. The Hall–Kier alpha value is -2.26. The fourth-order valence-corrected chi connectivity index (χ4v) is 4.37. The second-order valence-corrected chi connectivity index (χ2v) is 10.6. The van der Waals surface area contributed by atoms with E-state index in [1.165, 1.54) is 0 Å². The molecular weight excluding hydrogens is 396 g/mol. The number of fused-ring (bicyclic) bond motifs is 1. The molecule has 0 saturated carbocycles. The van der Waals surface area contributed by atoms with E-state index >= 15 is 0 Å². The second-order valence-electron chi connectivity index (χ2n) is 6.88. The second kappa shape index (κ2) is 8.00. The zero-order chi connectivity index (χ0) is 20.5. The normalized spacial score (nSPS) is 12.0. The van der Waals surface area contributed by atoms with Crippen LogP contribution in [0.25, 0.3) is 21.6 Å². The van der Waals surface area contributed by atoms with Gasteiger partial charge in [0.05, 0.1) is 33.5 Å². The number of hydrogen-bond acceptors (Lipinski definition) is 6. The third kappa shape index (κ3) is 4.25. The van der Waals surface area contributed by atoms with Gasteiger partial charge in [-0.05, 0) is 39.0 Å². The van der Waals surface area contributed by atoms with Crippen LogP contribution in [0.4, 0.5) is 0 Å². The Morgan fingerprint density at radius 3 is 2.68 bits per heavy atom. The van der Waals surface area contributed by atoms with E-state index in [9.17, 15) is 13.2 Å². The molecule has 0 spiro atoms. The molecule has 28 heavy (non-hydrogen) atoms. The Balaban J connectivity index is 2.01. The van der Waals surface area contributed by atoms with Gasteiger partial charge >= 0.3 is 0 Å². The maximum Gasteiger partial charge on any atom is 0.252 e. The summed E-state index contributed by atoms with van der Waals surface area (Å²) in [6.45, 7) is 7.70.